The van der Waals surface area contributed by atoms with Crippen LogP contribution in [-0.4, -0.2) is 17.0 Å². The standard InChI is InChI=1S/C11H20O2/c1-2-10(12)8-9-6-4-3-5-7-11(9)13/h9,11,13H,2-8H2,1H3. The fourth-order valence-electron chi connectivity index (χ4n) is 2.04. The molecule has 0 radical (unpaired) electrons. The van der Waals surface area contributed by atoms with Crippen molar-refractivity contribution < 1.29 is 9.90 Å². The fraction of sp³-hybridized carbons (Fsp3) is 0.909. The van der Waals surface area contributed by atoms with Crippen LogP contribution in [0.1, 0.15) is 51.9 Å². The average Bonchev–Trinajstić information content (AvgIpc) is 2.32. The summed E-state index contributed by atoms with van der Waals surface area (Å²) >= 11 is 0. The maximum atomic E-state index is 11.2. The van der Waals surface area contributed by atoms with Crippen molar-refractivity contribution in [1.82, 2.24) is 0 Å². The van der Waals surface area contributed by atoms with Crippen LogP contribution < -0.4 is 0 Å². The molecule has 0 heterocycles. The molecule has 0 spiro atoms. The summed E-state index contributed by atoms with van der Waals surface area (Å²) in [4.78, 5) is 11.2. The van der Waals surface area contributed by atoms with Crippen molar-refractivity contribution in [3.05, 3.63) is 0 Å². The third-order valence-corrected chi connectivity index (χ3v) is 3.00. The van der Waals surface area contributed by atoms with Crippen molar-refractivity contribution in [3.63, 3.8) is 0 Å². The molecular weight excluding hydrogens is 164 g/mol. The predicted octanol–water partition coefficient (Wildman–Crippen LogP) is 2.30. The monoisotopic (exact) mass is 184 g/mol. The van der Waals surface area contributed by atoms with Gasteiger partial charge in [-0.05, 0) is 18.8 Å². The van der Waals surface area contributed by atoms with Crippen LogP contribution in [0.5, 0.6) is 0 Å². The Balaban J connectivity index is 2.40. The predicted molar refractivity (Wildman–Crippen MR) is 52.5 cm³/mol. The molecule has 76 valence electrons. The van der Waals surface area contributed by atoms with E-state index in [4.69, 9.17) is 0 Å². The van der Waals surface area contributed by atoms with Gasteiger partial charge in [-0.1, -0.05) is 26.2 Å². The highest BCUT2D eigenvalue weighted by molar-refractivity contribution is 5.78. The summed E-state index contributed by atoms with van der Waals surface area (Å²) in [5, 5.41) is 9.74. The van der Waals surface area contributed by atoms with E-state index in [0.29, 0.717) is 18.6 Å². The summed E-state index contributed by atoms with van der Waals surface area (Å²) in [6, 6.07) is 0. The summed E-state index contributed by atoms with van der Waals surface area (Å²) in [5.41, 5.74) is 0. The molecule has 0 aromatic heterocycles. The highest BCUT2D eigenvalue weighted by atomic mass is 16.3. The van der Waals surface area contributed by atoms with Crippen LogP contribution in [0.4, 0.5) is 0 Å². The zero-order valence-electron chi connectivity index (χ0n) is 8.46. The SMILES string of the molecule is CCC(=O)CC1CCCCCC1O. The number of rotatable bonds is 3. The molecule has 1 N–H and O–H groups in total. The first-order valence-corrected chi connectivity index (χ1v) is 5.43. The number of carbonyl (C=O) groups is 1. The maximum Gasteiger partial charge on any atom is 0.133 e. The first kappa shape index (κ1) is 10.7. The van der Waals surface area contributed by atoms with Crippen molar-refractivity contribution in [1.29, 1.82) is 0 Å². The molecule has 1 fully saturated rings. The van der Waals surface area contributed by atoms with E-state index in [2.05, 4.69) is 0 Å². The van der Waals surface area contributed by atoms with Gasteiger partial charge in [0.2, 0.25) is 0 Å². The summed E-state index contributed by atoms with van der Waals surface area (Å²) in [7, 11) is 0. The zero-order chi connectivity index (χ0) is 9.68. The van der Waals surface area contributed by atoms with Crippen LogP contribution in [0.3, 0.4) is 0 Å². The molecule has 1 aliphatic carbocycles. The van der Waals surface area contributed by atoms with Gasteiger partial charge >= 0.3 is 0 Å². The van der Waals surface area contributed by atoms with Crippen molar-refractivity contribution >= 4 is 5.78 Å². The lowest BCUT2D eigenvalue weighted by atomic mass is 9.91. The van der Waals surface area contributed by atoms with E-state index in [1.54, 1.807) is 0 Å². The van der Waals surface area contributed by atoms with Crippen LogP contribution in [0.2, 0.25) is 0 Å². The number of hydrogen-bond acceptors (Lipinski definition) is 2. The van der Waals surface area contributed by atoms with E-state index in [-0.39, 0.29) is 12.0 Å². The number of Topliss-reactive ketones (excluding diaryl/α,β-unsaturated/α-hetero) is 1. The first-order valence-electron chi connectivity index (χ1n) is 5.43. The molecule has 0 amide bonds. The molecule has 0 aliphatic heterocycles. The second-order valence-electron chi connectivity index (χ2n) is 4.06. The molecular formula is C11H20O2. The highest BCUT2D eigenvalue weighted by Gasteiger charge is 2.23. The van der Waals surface area contributed by atoms with Gasteiger partial charge in [-0.3, -0.25) is 4.79 Å². The number of carbonyl (C=O) groups excluding carboxylic acids is 1. The van der Waals surface area contributed by atoms with Gasteiger partial charge in [0.15, 0.2) is 0 Å². The minimum Gasteiger partial charge on any atom is -0.393 e. The second-order valence-corrected chi connectivity index (χ2v) is 4.06. The molecule has 0 aromatic rings. The zero-order valence-corrected chi connectivity index (χ0v) is 8.46. The molecule has 2 heteroatoms. The Kier molecular flexibility index (Phi) is 4.43. The van der Waals surface area contributed by atoms with Crippen molar-refractivity contribution in [2.24, 2.45) is 5.92 Å². The van der Waals surface area contributed by atoms with Gasteiger partial charge in [-0.25, -0.2) is 0 Å². The second kappa shape index (κ2) is 5.38. The minimum atomic E-state index is -0.224. The molecule has 2 unspecified atom stereocenters. The summed E-state index contributed by atoms with van der Waals surface area (Å²) in [6.45, 7) is 1.89. The van der Waals surface area contributed by atoms with E-state index in [1.807, 2.05) is 6.92 Å². The number of aliphatic hydroxyl groups excluding tert-OH is 1. The molecule has 0 bridgehead atoms. The largest absolute Gasteiger partial charge is 0.393 e. The van der Waals surface area contributed by atoms with Gasteiger partial charge in [-0.2, -0.15) is 0 Å². The molecule has 2 nitrogen and oxygen atoms in total. The van der Waals surface area contributed by atoms with Gasteiger partial charge in [0.1, 0.15) is 5.78 Å². The topological polar surface area (TPSA) is 37.3 Å². The average molecular weight is 184 g/mol. The van der Waals surface area contributed by atoms with Gasteiger partial charge < -0.3 is 5.11 Å². The van der Waals surface area contributed by atoms with E-state index in [0.717, 1.165) is 19.3 Å². The molecule has 1 rings (SSSR count). The van der Waals surface area contributed by atoms with Crippen LogP contribution in [0, 0.1) is 5.92 Å². The molecule has 13 heavy (non-hydrogen) atoms. The minimum absolute atomic E-state index is 0.224. The Morgan fingerprint density at radius 3 is 2.69 bits per heavy atom. The van der Waals surface area contributed by atoms with Crippen molar-refractivity contribution in [2.45, 2.75) is 58.0 Å². The van der Waals surface area contributed by atoms with Crippen molar-refractivity contribution in [2.75, 3.05) is 0 Å². The molecule has 0 aromatic carbocycles. The Bertz CT molecular complexity index is 165. The van der Waals surface area contributed by atoms with Crippen LogP contribution >= 0.6 is 0 Å². The summed E-state index contributed by atoms with van der Waals surface area (Å²) in [6.07, 6.45) is 6.43. The molecule has 1 aliphatic rings. The van der Waals surface area contributed by atoms with E-state index in [9.17, 15) is 9.90 Å². The lowest BCUT2D eigenvalue weighted by Gasteiger charge is -2.18. The molecule has 2 atom stereocenters. The van der Waals surface area contributed by atoms with E-state index >= 15 is 0 Å². The Labute approximate surface area is 80.3 Å². The Hall–Kier alpha value is -0.370. The molecule has 1 saturated carbocycles. The smallest absolute Gasteiger partial charge is 0.133 e. The van der Waals surface area contributed by atoms with Gasteiger partial charge in [0.05, 0.1) is 6.10 Å². The van der Waals surface area contributed by atoms with Gasteiger partial charge in [0.25, 0.3) is 0 Å². The summed E-state index contributed by atoms with van der Waals surface area (Å²) < 4.78 is 0. The van der Waals surface area contributed by atoms with Crippen LogP contribution in [0.25, 0.3) is 0 Å². The third kappa shape index (κ3) is 3.47. The van der Waals surface area contributed by atoms with Crippen molar-refractivity contribution in [3.8, 4) is 0 Å². The maximum absolute atomic E-state index is 11.2. The fourth-order valence-corrected chi connectivity index (χ4v) is 2.04. The Morgan fingerprint density at radius 2 is 2.00 bits per heavy atom. The summed E-state index contributed by atoms with van der Waals surface area (Å²) in [5.74, 6) is 0.542. The highest BCUT2D eigenvalue weighted by Crippen LogP contribution is 2.26. The number of hydrogen-bond donors (Lipinski definition) is 1. The normalized spacial score (nSPS) is 29.7. The van der Waals surface area contributed by atoms with E-state index in [1.165, 1.54) is 12.8 Å². The third-order valence-electron chi connectivity index (χ3n) is 3.00. The van der Waals surface area contributed by atoms with Crippen LogP contribution in [0.15, 0.2) is 0 Å². The van der Waals surface area contributed by atoms with E-state index < -0.39 is 0 Å². The Morgan fingerprint density at radius 1 is 1.31 bits per heavy atom. The lowest BCUT2D eigenvalue weighted by Crippen LogP contribution is -2.21. The van der Waals surface area contributed by atoms with Crippen LogP contribution in [-0.2, 0) is 4.79 Å². The number of ketones is 1. The van der Waals surface area contributed by atoms with Gasteiger partial charge in [-0.15, -0.1) is 0 Å². The molecule has 0 saturated heterocycles. The lowest BCUT2D eigenvalue weighted by molar-refractivity contribution is -0.120. The first-order chi connectivity index (χ1) is 6.24. The quantitative estimate of drug-likeness (QED) is 0.683. The number of aliphatic hydroxyl groups is 1. The van der Waals surface area contributed by atoms with Gasteiger partial charge in [0, 0.05) is 12.8 Å².